The fourth-order valence-corrected chi connectivity index (χ4v) is 2.46. The Labute approximate surface area is 113 Å². The van der Waals surface area contributed by atoms with Gasteiger partial charge in [0.05, 0.1) is 0 Å². The average Bonchev–Trinajstić information content (AvgIpc) is 2.43. The van der Waals surface area contributed by atoms with Crippen molar-refractivity contribution in [2.75, 3.05) is 5.43 Å². The number of carbonyl (C=O) groups excluding carboxylic acids is 1. The Morgan fingerprint density at radius 1 is 1.37 bits per heavy atom. The van der Waals surface area contributed by atoms with Crippen molar-refractivity contribution in [3.8, 4) is 0 Å². The smallest absolute Gasteiger partial charge is 0.284 e. The molecule has 2 unspecified atom stereocenters. The highest BCUT2D eigenvalue weighted by Crippen LogP contribution is 2.20. The van der Waals surface area contributed by atoms with Gasteiger partial charge in [-0.1, -0.05) is 12.5 Å². The van der Waals surface area contributed by atoms with E-state index >= 15 is 0 Å². The average molecular weight is 263 g/mol. The van der Waals surface area contributed by atoms with Gasteiger partial charge in [-0.3, -0.25) is 10.2 Å². The highest BCUT2D eigenvalue weighted by molar-refractivity contribution is 5.92. The van der Waals surface area contributed by atoms with Crippen LogP contribution < -0.4 is 16.7 Å². The van der Waals surface area contributed by atoms with E-state index < -0.39 is 0 Å². The fraction of sp³-hybridized carbons (Fsp3) is 0.538. The maximum absolute atomic E-state index is 12.2. The molecule has 2 rings (SSSR count). The van der Waals surface area contributed by atoms with E-state index in [9.17, 15) is 4.79 Å². The summed E-state index contributed by atoms with van der Waals surface area (Å²) in [6, 6.07) is 5.84. The molecule has 19 heavy (non-hydrogen) atoms. The third-order valence-electron chi connectivity index (χ3n) is 3.55. The first kappa shape index (κ1) is 13.8. The Morgan fingerprint density at radius 2 is 2.05 bits per heavy atom. The number of amides is 1. The van der Waals surface area contributed by atoms with Gasteiger partial charge in [0.1, 0.15) is 11.5 Å². The molecule has 0 aromatic carbocycles. The number of anilines is 1. The number of piperidine rings is 1. The number of aromatic nitrogens is 1. The molecule has 0 aliphatic carbocycles. The molecule has 1 saturated heterocycles. The summed E-state index contributed by atoms with van der Waals surface area (Å²) in [6.45, 7) is 4.25. The molecule has 0 spiro atoms. The molecule has 2 atom stereocenters. The maximum Gasteiger partial charge on any atom is 0.284 e. The minimum Gasteiger partial charge on any atom is -0.308 e. The molecule has 1 aromatic rings. The second-order valence-electron chi connectivity index (χ2n) is 5.03. The second kappa shape index (κ2) is 5.99. The lowest BCUT2D eigenvalue weighted by molar-refractivity contribution is 0.0366. The SMILES string of the molecule is CC1CCCC(C)N1NC(=O)c1cccc(NN)n1. The summed E-state index contributed by atoms with van der Waals surface area (Å²) in [5.74, 6) is 5.58. The molecule has 104 valence electrons. The van der Waals surface area contributed by atoms with Crippen molar-refractivity contribution >= 4 is 11.7 Å². The van der Waals surface area contributed by atoms with Gasteiger partial charge in [0, 0.05) is 12.1 Å². The molecule has 1 amide bonds. The molecular formula is C13H21N5O. The van der Waals surface area contributed by atoms with Crippen molar-refractivity contribution in [1.82, 2.24) is 15.4 Å². The Hall–Kier alpha value is -1.66. The van der Waals surface area contributed by atoms with Crippen LogP contribution in [-0.4, -0.2) is 28.0 Å². The van der Waals surface area contributed by atoms with E-state index in [1.165, 1.54) is 6.42 Å². The highest BCUT2D eigenvalue weighted by Gasteiger charge is 2.26. The Balaban J connectivity index is 2.07. The zero-order valence-corrected chi connectivity index (χ0v) is 11.4. The molecule has 0 saturated carbocycles. The molecule has 6 nitrogen and oxygen atoms in total. The number of nitrogen functional groups attached to an aromatic ring is 1. The van der Waals surface area contributed by atoms with Gasteiger partial charge in [-0.2, -0.15) is 0 Å². The number of carbonyl (C=O) groups is 1. The van der Waals surface area contributed by atoms with Crippen LogP contribution in [0.25, 0.3) is 0 Å². The molecule has 1 aromatic heterocycles. The van der Waals surface area contributed by atoms with Gasteiger partial charge < -0.3 is 5.43 Å². The molecule has 2 heterocycles. The fourth-order valence-electron chi connectivity index (χ4n) is 2.46. The van der Waals surface area contributed by atoms with Gasteiger partial charge >= 0.3 is 0 Å². The number of hydrazine groups is 2. The van der Waals surface area contributed by atoms with Crippen LogP contribution in [0, 0.1) is 0 Å². The van der Waals surface area contributed by atoms with E-state index in [1.807, 2.05) is 5.01 Å². The minimum absolute atomic E-state index is 0.197. The van der Waals surface area contributed by atoms with Gasteiger partial charge in [0.25, 0.3) is 5.91 Å². The molecule has 1 aliphatic heterocycles. The molecule has 0 bridgehead atoms. The first-order valence-corrected chi connectivity index (χ1v) is 6.65. The van der Waals surface area contributed by atoms with Gasteiger partial charge in [-0.05, 0) is 38.8 Å². The van der Waals surface area contributed by atoms with E-state index in [0.717, 1.165) is 12.8 Å². The van der Waals surface area contributed by atoms with Crippen LogP contribution >= 0.6 is 0 Å². The minimum atomic E-state index is -0.197. The molecular weight excluding hydrogens is 242 g/mol. The Kier molecular flexibility index (Phi) is 4.34. The summed E-state index contributed by atoms with van der Waals surface area (Å²) in [7, 11) is 0. The number of hydrogen-bond acceptors (Lipinski definition) is 5. The zero-order chi connectivity index (χ0) is 13.8. The van der Waals surface area contributed by atoms with Crippen molar-refractivity contribution in [1.29, 1.82) is 0 Å². The Morgan fingerprint density at radius 3 is 2.68 bits per heavy atom. The monoisotopic (exact) mass is 263 g/mol. The van der Waals surface area contributed by atoms with Crippen LogP contribution in [-0.2, 0) is 0 Å². The molecule has 1 fully saturated rings. The van der Waals surface area contributed by atoms with Crippen molar-refractivity contribution in [2.24, 2.45) is 5.84 Å². The summed E-state index contributed by atoms with van der Waals surface area (Å²) in [5.41, 5.74) is 5.75. The van der Waals surface area contributed by atoms with E-state index in [4.69, 9.17) is 5.84 Å². The summed E-state index contributed by atoms with van der Waals surface area (Å²) < 4.78 is 0. The largest absolute Gasteiger partial charge is 0.308 e. The van der Waals surface area contributed by atoms with Crippen LogP contribution in [0.1, 0.15) is 43.6 Å². The van der Waals surface area contributed by atoms with E-state index in [1.54, 1.807) is 18.2 Å². The normalized spacial score (nSPS) is 23.9. The quantitative estimate of drug-likeness (QED) is 0.565. The Bertz CT molecular complexity index is 440. The number of nitrogens with one attached hydrogen (secondary N) is 2. The third kappa shape index (κ3) is 3.21. The predicted octanol–water partition coefficient (Wildman–Crippen LogP) is 1.27. The summed E-state index contributed by atoms with van der Waals surface area (Å²) in [6.07, 6.45) is 3.41. The van der Waals surface area contributed by atoms with Gasteiger partial charge in [0.15, 0.2) is 0 Å². The summed E-state index contributed by atoms with van der Waals surface area (Å²) in [4.78, 5) is 16.3. The van der Waals surface area contributed by atoms with Crippen molar-refractivity contribution in [3.63, 3.8) is 0 Å². The lowest BCUT2D eigenvalue weighted by Crippen LogP contribution is -2.54. The van der Waals surface area contributed by atoms with E-state index in [2.05, 4.69) is 29.7 Å². The maximum atomic E-state index is 12.2. The van der Waals surface area contributed by atoms with Gasteiger partial charge in [-0.15, -0.1) is 0 Å². The lowest BCUT2D eigenvalue weighted by atomic mass is 10.00. The number of nitrogens with two attached hydrogens (primary N) is 1. The number of rotatable bonds is 3. The van der Waals surface area contributed by atoms with Crippen LogP contribution in [0.15, 0.2) is 18.2 Å². The topological polar surface area (TPSA) is 83.3 Å². The van der Waals surface area contributed by atoms with Gasteiger partial charge in [-0.25, -0.2) is 15.8 Å². The standard InChI is InChI=1S/C13H21N5O/c1-9-5-3-6-10(2)18(9)17-13(19)11-7-4-8-12(15-11)16-14/h4,7-10H,3,5-6,14H2,1-2H3,(H,15,16)(H,17,19). The first-order chi connectivity index (χ1) is 9.11. The zero-order valence-electron chi connectivity index (χ0n) is 11.4. The third-order valence-corrected chi connectivity index (χ3v) is 3.55. The van der Waals surface area contributed by atoms with Crippen molar-refractivity contribution < 1.29 is 4.79 Å². The number of nitrogens with zero attached hydrogens (tertiary/aromatic N) is 2. The van der Waals surface area contributed by atoms with Crippen LogP contribution in [0.5, 0.6) is 0 Å². The van der Waals surface area contributed by atoms with Crippen LogP contribution in [0.4, 0.5) is 5.82 Å². The van der Waals surface area contributed by atoms with Crippen molar-refractivity contribution in [3.05, 3.63) is 23.9 Å². The second-order valence-corrected chi connectivity index (χ2v) is 5.03. The summed E-state index contributed by atoms with van der Waals surface area (Å²) >= 11 is 0. The van der Waals surface area contributed by atoms with E-state index in [-0.39, 0.29) is 5.91 Å². The molecule has 6 heteroatoms. The van der Waals surface area contributed by atoms with Crippen LogP contribution in [0.3, 0.4) is 0 Å². The number of hydrogen-bond donors (Lipinski definition) is 3. The van der Waals surface area contributed by atoms with Gasteiger partial charge in [0.2, 0.25) is 0 Å². The summed E-state index contributed by atoms with van der Waals surface area (Å²) in [5, 5.41) is 2.02. The van der Waals surface area contributed by atoms with E-state index in [0.29, 0.717) is 23.6 Å². The number of pyridine rings is 1. The first-order valence-electron chi connectivity index (χ1n) is 6.65. The highest BCUT2D eigenvalue weighted by atomic mass is 16.2. The van der Waals surface area contributed by atoms with Crippen LogP contribution in [0.2, 0.25) is 0 Å². The molecule has 1 aliphatic rings. The lowest BCUT2D eigenvalue weighted by Gasteiger charge is -2.38. The molecule has 0 radical (unpaired) electrons. The predicted molar refractivity (Wildman–Crippen MR) is 74.1 cm³/mol. The molecule has 4 N–H and O–H groups in total. The van der Waals surface area contributed by atoms with Crippen molar-refractivity contribution in [2.45, 2.75) is 45.2 Å².